The second-order valence-electron chi connectivity index (χ2n) is 7.60. The van der Waals surface area contributed by atoms with Gasteiger partial charge in [0.1, 0.15) is 5.82 Å². The molecule has 0 bridgehead atoms. The second-order valence-corrected chi connectivity index (χ2v) is 7.60. The first kappa shape index (κ1) is 19.8. The van der Waals surface area contributed by atoms with Gasteiger partial charge in [0.15, 0.2) is 0 Å². The van der Waals surface area contributed by atoms with Gasteiger partial charge in [0, 0.05) is 32.6 Å². The van der Waals surface area contributed by atoms with Crippen LogP contribution >= 0.6 is 0 Å². The maximum atomic E-state index is 13.5. The monoisotopic (exact) mass is 375 g/mol. The van der Waals surface area contributed by atoms with Crippen molar-refractivity contribution in [2.45, 2.75) is 57.5 Å². The molecule has 6 heteroatoms. The standard InChI is InChI=1S/C21H30FN3O2/c22-18-8-5-7-17(15-18)16-25-13-6-9-19(25)21(27)24-12-4-2-1-3-11-23-20(26)10-14-24/h5,7-8,15,19H,1-4,6,9-14,16H2,(H,23,26). The fraction of sp³-hybridized carbons (Fsp3) is 0.619. The van der Waals surface area contributed by atoms with Gasteiger partial charge in [-0.25, -0.2) is 4.39 Å². The van der Waals surface area contributed by atoms with Crippen LogP contribution < -0.4 is 5.32 Å². The molecule has 1 unspecified atom stereocenters. The molecule has 5 nitrogen and oxygen atoms in total. The molecule has 2 amide bonds. The summed E-state index contributed by atoms with van der Waals surface area (Å²) in [4.78, 5) is 29.2. The number of nitrogens with one attached hydrogen (secondary N) is 1. The van der Waals surface area contributed by atoms with E-state index in [0.29, 0.717) is 19.5 Å². The molecule has 27 heavy (non-hydrogen) atoms. The Balaban J connectivity index is 1.64. The van der Waals surface area contributed by atoms with Crippen molar-refractivity contribution in [3.8, 4) is 0 Å². The number of hydrogen-bond acceptors (Lipinski definition) is 3. The van der Waals surface area contributed by atoms with Crippen LogP contribution in [0.25, 0.3) is 0 Å². The lowest BCUT2D eigenvalue weighted by Crippen LogP contribution is -2.46. The number of amides is 2. The summed E-state index contributed by atoms with van der Waals surface area (Å²) in [5.41, 5.74) is 0.895. The smallest absolute Gasteiger partial charge is 0.239 e. The average Bonchev–Trinajstić information content (AvgIpc) is 3.08. The largest absolute Gasteiger partial charge is 0.356 e. The molecule has 3 rings (SSSR count). The first-order chi connectivity index (χ1) is 13.1. The first-order valence-electron chi connectivity index (χ1n) is 10.2. The highest BCUT2D eigenvalue weighted by atomic mass is 19.1. The van der Waals surface area contributed by atoms with E-state index in [4.69, 9.17) is 0 Å². The molecule has 2 aliphatic heterocycles. The number of benzene rings is 1. The van der Waals surface area contributed by atoms with E-state index in [1.54, 1.807) is 6.07 Å². The summed E-state index contributed by atoms with van der Waals surface area (Å²) < 4.78 is 13.5. The normalized spacial score (nSPS) is 22.9. The SMILES string of the molecule is O=C1CCN(C(=O)C2CCCN2Cc2cccc(F)c2)CCCCCCN1. The third-order valence-corrected chi connectivity index (χ3v) is 5.52. The van der Waals surface area contributed by atoms with E-state index in [0.717, 1.165) is 63.7 Å². The highest BCUT2D eigenvalue weighted by Gasteiger charge is 2.33. The summed E-state index contributed by atoms with van der Waals surface area (Å²) in [6.07, 6.45) is 6.31. The van der Waals surface area contributed by atoms with Crippen molar-refractivity contribution in [1.29, 1.82) is 0 Å². The minimum absolute atomic E-state index is 0.0257. The Hall–Kier alpha value is -1.95. The van der Waals surface area contributed by atoms with Crippen molar-refractivity contribution in [3.63, 3.8) is 0 Å². The topological polar surface area (TPSA) is 52.7 Å². The predicted molar refractivity (Wildman–Crippen MR) is 103 cm³/mol. The van der Waals surface area contributed by atoms with Gasteiger partial charge in [0.05, 0.1) is 6.04 Å². The average molecular weight is 375 g/mol. The quantitative estimate of drug-likeness (QED) is 0.884. The summed E-state index contributed by atoms with van der Waals surface area (Å²) in [5.74, 6) is -0.0959. The van der Waals surface area contributed by atoms with E-state index in [9.17, 15) is 14.0 Å². The van der Waals surface area contributed by atoms with Gasteiger partial charge in [-0.15, -0.1) is 0 Å². The maximum absolute atomic E-state index is 13.5. The summed E-state index contributed by atoms with van der Waals surface area (Å²) in [6.45, 7) is 3.37. The zero-order valence-electron chi connectivity index (χ0n) is 16.0. The van der Waals surface area contributed by atoms with Crippen molar-refractivity contribution in [2.24, 2.45) is 0 Å². The molecule has 0 aromatic heterocycles. The zero-order chi connectivity index (χ0) is 19.1. The lowest BCUT2D eigenvalue weighted by Gasteiger charge is -2.30. The summed E-state index contributed by atoms with van der Waals surface area (Å²) in [7, 11) is 0. The number of rotatable bonds is 3. The molecule has 1 aromatic rings. The molecular weight excluding hydrogens is 345 g/mol. The first-order valence-corrected chi connectivity index (χ1v) is 10.2. The van der Waals surface area contributed by atoms with Gasteiger partial charge in [0.2, 0.25) is 11.8 Å². The number of carbonyl (C=O) groups excluding carboxylic acids is 2. The molecule has 1 atom stereocenters. The van der Waals surface area contributed by atoms with Crippen LogP contribution in [0.4, 0.5) is 4.39 Å². The van der Waals surface area contributed by atoms with Crippen LogP contribution in [0, 0.1) is 5.82 Å². The Morgan fingerprint density at radius 1 is 1.11 bits per heavy atom. The molecule has 0 radical (unpaired) electrons. The Morgan fingerprint density at radius 3 is 2.81 bits per heavy atom. The molecule has 0 saturated carbocycles. The van der Waals surface area contributed by atoms with Crippen LogP contribution in [0.1, 0.15) is 50.5 Å². The van der Waals surface area contributed by atoms with Crippen LogP contribution in [-0.4, -0.2) is 53.8 Å². The Bertz CT molecular complexity index is 652. The lowest BCUT2D eigenvalue weighted by molar-refractivity contribution is -0.136. The number of carbonyl (C=O) groups is 2. The molecular formula is C21H30FN3O2. The highest BCUT2D eigenvalue weighted by Crippen LogP contribution is 2.23. The third kappa shape index (κ3) is 5.76. The molecule has 0 spiro atoms. The molecule has 1 aromatic carbocycles. The minimum atomic E-state index is -0.243. The number of hydrogen-bond donors (Lipinski definition) is 1. The van der Waals surface area contributed by atoms with Gasteiger partial charge in [-0.05, 0) is 49.9 Å². The molecule has 1 N–H and O–H groups in total. The van der Waals surface area contributed by atoms with Gasteiger partial charge in [-0.3, -0.25) is 14.5 Å². The third-order valence-electron chi connectivity index (χ3n) is 5.52. The summed E-state index contributed by atoms with van der Waals surface area (Å²) in [5, 5.41) is 2.93. The van der Waals surface area contributed by atoms with Crippen molar-refractivity contribution in [1.82, 2.24) is 15.1 Å². The summed E-state index contributed by atoms with van der Waals surface area (Å²) in [6, 6.07) is 6.43. The lowest BCUT2D eigenvalue weighted by atomic mass is 10.1. The van der Waals surface area contributed by atoms with E-state index in [2.05, 4.69) is 10.2 Å². The summed E-state index contributed by atoms with van der Waals surface area (Å²) >= 11 is 0. The fourth-order valence-corrected chi connectivity index (χ4v) is 4.04. The van der Waals surface area contributed by atoms with Crippen molar-refractivity contribution in [3.05, 3.63) is 35.6 Å². The van der Waals surface area contributed by atoms with E-state index in [-0.39, 0.29) is 23.7 Å². The predicted octanol–water partition coefficient (Wildman–Crippen LogP) is 2.70. The molecule has 2 aliphatic rings. The van der Waals surface area contributed by atoms with Crippen molar-refractivity contribution in [2.75, 3.05) is 26.2 Å². The van der Waals surface area contributed by atoms with Crippen LogP contribution in [0.2, 0.25) is 0 Å². The zero-order valence-corrected chi connectivity index (χ0v) is 16.0. The van der Waals surface area contributed by atoms with Gasteiger partial charge in [-0.2, -0.15) is 0 Å². The molecule has 2 fully saturated rings. The van der Waals surface area contributed by atoms with E-state index >= 15 is 0 Å². The molecule has 2 heterocycles. The molecule has 148 valence electrons. The highest BCUT2D eigenvalue weighted by molar-refractivity contribution is 5.83. The number of nitrogens with zero attached hydrogens (tertiary/aromatic N) is 2. The number of likely N-dealkylation sites (tertiary alicyclic amines) is 1. The van der Waals surface area contributed by atoms with Gasteiger partial charge in [0.25, 0.3) is 0 Å². The van der Waals surface area contributed by atoms with E-state index in [1.807, 2.05) is 11.0 Å². The van der Waals surface area contributed by atoms with Gasteiger partial charge in [-0.1, -0.05) is 25.0 Å². The Kier molecular flexibility index (Phi) is 7.21. The Morgan fingerprint density at radius 2 is 1.96 bits per heavy atom. The minimum Gasteiger partial charge on any atom is -0.356 e. The maximum Gasteiger partial charge on any atom is 0.239 e. The van der Waals surface area contributed by atoms with E-state index < -0.39 is 0 Å². The van der Waals surface area contributed by atoms with Crippen molar-refractivity contribution >= 4 is 11.8 Å². The van der Waals surface area contributed by atoms with Crippen LogP contribution in [0.3, 0.4) is 0 Å². The Labute approximate surface area is 160 Å². The van der Waals surface area contributed by atoms with Crippen LogP contribution in [0.15, 0.2) is 24.3 Å². The van der Waals surface area contributed by atoms with Gasteiger partial charge >= 0.3 is 0 Å². The molecule has 0 aliphatic carbocycles. The fourth-order valence-electron chi connectivity index (χ4n) is 4.04. The van der Waals surface area contributed by atoms with Crippen molar-refractivity contribution < 1.29 is 14.0 Å². The van der Waals surface area contributed by atoms with Crippen LogP contribution in [-0.2, 0) is 16.1 Å². The number of halogens is 1. The van der Waals surface area contributed by atoms with Crippen LogP contribution in [0.5, 0.6) is 0 Å². The molecule has 2 saturated heterocycles. The van der Waals surface area contributed by atoms with Gasteiger partial charge < -0.3 is 10.2 Å². The second kappa shape index (κ2) is 9.83. The van der Waals surface area contributed by atoms with E-state index in [1.165, 1.54) is 12.1 Å².